The molecule has 108 valence electrons. The van der Waals surface area contributed by atoms with Gasteiger partial charge in [-0.15, -0.1) is 0 Å². The fourth-order valence-corrected chi connectivity index (χ4v) is 4.16. The summed E-state index contributed by atoms with van der Waals surface area (Å²) >= 11 is 0. The van der Waals surface area contributed by atoms with Gasteiger partial charge in [0.25, 0.3) is 0 Å². The van der Waals surface area contributed by atoms with E-state index in [4.69, 9.17) is 9.47 Å². The van der Waals surface area contributed by atoms with Crippen LogP contribution in [-0.4, -0.2) is 11.9 Å². The number of carbonyl (C=O) groups excluding carboxylic acids is 2. The Balaban J connectivity index is 1.68. The Morgan fingerprint density at radius 3 is 1.45 bits per heavy atom. The van der Waals surface area contributed by atoms with Gasteiger partial charge in [0, 0.05) is 11.8 Å². The molecule has 2 aromatic carbocycles. The quantitative estimate of drug-likeness (QED) is 0.553. The van der Waals surface area contributed by atoms with E-state index in [-0.39, 0.29) is 35.6 Å². The summed E-state index contributed by atoms with van der Waals surface area (Å²) in [6.07, 6.45) is 0. The van der Waals surface area contributed by atoms with Crippen molar-refractivity contribution in [2.24, 2.45) is 11.8 Å². The average molecular weight is 292 g/mol. The second-order valence-corrected chi connectivity index (χ2v) is 6.02. The van der Waals surface area contributed by atoms with Crippen molar-refractivity contribution in [2.45, 2.75) is 11.8 Å². The SMILES string of the molecule is O=C1Oc2ccccc2C2C1[C@H]1c3ccccc3OC(=O)[C@@H]21. The summed E-state index contributed by atoms with van der Waals surface area (Å²) in [5.41, 5.74) is 1.87. The van der Waals surface area contributed by atoms with Gasteiger partial charge in [-0.1, -0.05) is 36.4 Å². The zero-order chi connectivity index (χ0) is 14.8. The molecule has 0 spiro atoms. The van der Waals surface area contributed by atoms with Crippen LogP contribution in [0.25, 0.3) is 0 Å². The van der Waals surface area contributed by atoms with Gasteiger partial charge in [0.15, 0.2) is 0 Å². The first-order valence-corrected chi connectivity index (χ1v) is 7.37. The van der Waals surface area contributed by atoms with Crippen LogP contribution in [0.1, 0.15) is 23.0 Å². The Bertz CT molecular complexity index is 748. The molecule has 1 aliphatic carbocycles. The van der Waals surface area contributed by atoms with Crippen LogP contribution in [0, 0.1) is 11.8 Å². The number of carbonyl (C=O) groups is 2. The minimum Gasteiger partial charge on any atom is -0.426 e. The van der Waals surface area contributed by atoms with E-state index in [1.807, 2.05) is 36.4 Å². The predicted octanol–water partition coefficient (Wildman–Crippen LogP) is 2.64. The smallest absolute Gasteiger partial charge is 0.315 e. The highest BCUT2D eigenvalue weighted by molar-refractivity contribution is 5.91. The van der Waals surface area contributed by atoms with Crippen molar-refractivity contribution in [3.8, 4) is 11.5 Å². The van der Waals surface area contributed by atoms with Crippen LogP contribution >= 0.6 is 0 Å². The van der Waals surface area contributed by atoms with E-state index in [0.717, 1.165) is 11.1 Å². The van der Waals surface area contributed by atoms with E-state index < -0.39 is 0 Å². The number of hydrogen-bond acceptors (Lipinski definition) is 4. The summed E-state index contributed by atoms with van der Waals surface area (Å²) in [5, 5.41) is 0. The Hall–Kier alpha value is -2.62. The summed E-state index contributed by atoms with van der Waals surface area (Å²) < 4.78 is 10.9. The zero-order valence-corrected chi connectivity index (χ0v) is 11.6. The molecule has 2 aromatic rings. The lowest BCUT2D eigenvalue weighted by Crippen LogP contribution is -2.56. The predicted molar refractivity (Wildman–Crippen MR) is 76.6 cm³/mol. The maximum absolute atomic E-state index is 12.4. The Labute approximate surface area is 126 Å². The van der Waals surface area contributed by atoms with Gasteiger partial charge in [-0.05, 0) is 23.3 Å². The van der Waals surface area contributed by atoms with Gasteiger partial charge in [-0.2, -0.15) is 0 Å². The third-order valence-corrected chi connectivity index (χ3v) is 5.07. The van der Waals surface area contributed by atoms with E-state index in [2.05, 4.69) is 0 Å². The minimum absolute atomic E-state index is 0.136. The fraction of sp³-hybridized carbons (Fsp3) is 0.222. The summed E-state index contributed by atoms with van der Waals surface area (Å²) in [6.45, 7) is 0. The van der Waals surface area contributed by atoms with Crippen molar-refractivity contribution < 1.29 is 19.1 Å². The van der Waals surface area contributed by atoms with E-state index in [1.54, 1.807) is 12.1 Å². The molecule has 0 atom stereocenters. The molecule has 0 N–H and O–H groups in total. The fourth-order valence-electron chi connectivity index (χ4n) is 4.16. The maximum Gasteiger partial charge on any atom is 0.315 e. The van der Waals surface area contributed by atoms with Crippen LogP contribution in [0.15, 0.2) is 48.5 Å². The molecular formula is C18H12O4. The van der Waals surface area contributed by atoms with Crippen molar-refractivity contribution in [1.82, 2.24) is 0 Å². The third-order valence-electron chi connectivity index (χ3n) is 5.07. The highest BCUT2D eigenvalue weighted by Crippen LogP contribution is 2.64. The molecule has 1 saturated carbocycles. The Morgan fingerprint density at radius 2 is 1.00 bits per heavy atom. The van der Waals surface area contributed by atoms with Gasteiger partial charge in [0.1, 0.15) is 11.5 Å². The largest absolute Gasteiger partial charge is 0.426 e. The van der Waals surface area contributed by atoms with Crippen LogP contribution in [0.3, 0.4) is 0 Å². The molecular weight excluding hydrogens is 280 g/mol. The lowest BCUT2D eigenvalue weighted by molar-refractivity contribution is -0.161. The number of hydrogen-bond donors (Lipinski definition) is 0. The van der Waals surface area contributed by atoms with Crippen LogP contribution in [0.4, 0.5) is 0 Å². The number of rotatable bonds is 0. The molecule has 0 aromatic heterocycles. The van der Waals surface area contributed by atoms with Gasteiger partial charge < -0.3 is 9.47 Å². The molecule has 2 heterocycles. The minimum atomic E-state index is -0.297. The molecule has 1 fully saturated rings. The van der Waals surface area contributed by atoms with Gasteiger partial charge in [0.05, 0.1) is 11.8 Å². The monoisotopic (exact) mass is 292 g/mol. The van der Waals surface area contributed by atoms with E-state index >= 15 is 0 Å². The number of ether oxygens (including phenoxy) is 2. The highest BCUT2D eigenvalue weighted by Gasteiger charge is 2.64. The van der Waals surface area contributed by atoms with Gasteiger partial charge >= 0.3 is 11.9 Å². The normalized spacial score (nSPS) is 30.7. The van der Waals surface area contributed by atoms with Crippen LogP contribution in [0.2, 0.25) is 0 Å². The lowest BCUT2D eigenvalue weighted by atomic mass is 9.51. The molecule has 4 heteroatoms. The first kappa shape index (κ1) is 12.0. The zero-order valence-electron chi connectivity index (χ0n) is 11.6. The van der Waals surface area contributed by atoms with Gasteiger partial charge in [-0.3, -0.25) is 9.59 Å². The summed E-state index contributed by atoms with van der Waals surface area (Å²) in [7, 11) is 0. The molecule has 0 bridgehead atoms. The first-order valence-electron chi connectivity index (χ1n) is 7.37. The molecule has 0 unspecified atom stereocenters. The van der Waals surface area contributed by atoms with Crippen LogP contribution in [0.5, 0.6) is 11.5 Å². The van der Waals surface area contributed by atoms with E-state index in [0.29, 0.717) is 11.5 Å². The summed E-state index contributed by atoms with van der Waals surface area (Å²) in [6, 6.07) is 14.9. The maximum atomic E-state index is 12.4. The molecule has 5 rings (SSSR count). The third kappa shape index (κ3) is 1.32. The number of benzene rings is 2. The van der Waals surface area contributed by atoms with Crippen LogP contribution < -0.4 is 9.47 Å². The van der Waals surface area contributed by atoms with Crippen molar-refractivity contribution >= 4 is 11.9 Å². The molecule has 2 aliphatic heterocycles. The number of fused-ring (bicyclic) bond motifs is 8. The van der Waals surface area contributed by atoms with E-state index in [9.17, 15) is 9.59 Å². The molecule has 0 amide bonds. The molecule has 22 heavy (non-hydrogen) atoms. The topological polar surface area (TPSA) is 52.6 Å². The van der Waals surface area contributed by atoms with Crippen molar-refractivity contribution in [3.05, 3.63) is 59.7 Å². The van der Waals surface area contributed by atoms with Gasteiger partial charge in [0.2, 0.25) is 0 Å². The number of esters is 2. The lowest BCUT2D eigenvalue weighted by Gasteiger charge is -2.53. The molecule has 4 nitrogen and oxygen atoms in total. The molecule has 0 saturated heterocycles. The Kier molecular flexibility index (Phi) is 2.16. The average Bonchev–Trinajstić information content (AvgIpc) is 2.48. The standard InChI is InChI=1S/C18H12O4/c19-17-15-13(9-5-1-3-7-11(9)21-17)16-14(15)10-6-2-4-8-12(10)22-18(16)20/h1-8,13-16H/t13-,14?,15+,16?/m0/s1. The summed E-state index contributed by atoms with van der Waals surface area (Å²) in [4.78, 5) is 24.8. The van der Waals surface area contributed by atoms with E-state index in [1.165, 1.54) is 0 Å². The summed E-state index contributed by atoms with van der Waals surface area (Å²) in [5.74, 6) is -0.212. The first-order chi connectivity index (χ1) is 10.8. The van der Waals surface area contributed by atoms with Crippen molar-refractivity contribution in [3.63, 3.8) is 0 Å². The van der Waals surface area contributed by atoms with Crippen LogP contribution in [-0.2, 0) is 9.59 Å². The second-order valence-electron chi connectivity index (χ2n) is 6.02. The molecule has 3 aliphatic rings. The van der Waals surface area contributed by atoms with Crippen molar-refractivity contribution in [1.29, 1.82) is 0 Å². The Morgan fingerprint density at radius 1 is 0.591 bits per heavy atom. The van der Waals surface area contributed by atoms with Crippen molar-refractivity contribution in [2.75, 3.05) is 0 Å². The molecule has 0 radical (unpaired) electrons. The van der Waals surface area contributed by atoms with Gasteiger partial charge in [-0.25, -0.2) is 0 Å². The highest BCUT2D eigenvalue weighted by atomic mass is 16.5. The second kappa shape index (κ2) is 3.97. The number of para-hydroxylation sites is 2.